The number of ether oxygens (including phenoxy) is 1. The van der Waals surface area contributed by atoms with Crippen molar-refractivity contribution in [1.29, 1.82) is 0 Å². The van der Waals surface area contributed by atoms with Gasteiger partial charge in [-0.05, 0) is 30.9 Å². The molecule has 1 aliphatic carbocycles. The number of rotatable bonds is 3. The van der Waals surface area contributed by atoms with E-state index >= 15 is 0 Å². The van der Waals surface area contributed by atoms with Crippen molar-refractivity contribution < 1.29 is 14.3 Å². The highest BCUT2D eigenvalue weighted by Crippen LogP contribution is 2.44. The Morgan fingerprint density at radius 2 is 1.70 bits per heavy atom. The Morgan fingerprint density at radius 1 is 0.963 bits per heavy atom. The maximum absolute atomic E-state index is 13.1. The number of hydrogen-bond donors (Lipinski definition) is 1. The van der Waals surface area contributed by atoms with E-state index < -0.39 is 0 Å². The molecule has 2 aromatic carbocycles. The molecule has 0 radical (unpaired) electrons. The van der Waals surface area contributed by atoms with Crippen LogP contribution in [0.15, 0.2) is 59.8 Å². The highest BCUT2D eigenvalue weighted by atomic mass is 16.5. The highest BCUT2D eigenvalue weighted by Gasteiger charge is 2.39. The number of para-hydroxylation sites is 1. The molecule has 2 unspecified atom stereocenters. The molecule has 27 heavy (non-hydrogen) atoms. The zero-order chi connectivity index (χ0) is 19.0. The van der Waals surface area contributed by atoms with Crippen LogP contribution in [-0.4, -0.2) is 18.8 Å². The molecule has 1 heterocycles. The molecular formula is C23H23NO3. The number of nitrogens with one attached hydrogen (secondary N) is 1. The lowest BCUT2D eigenvalue weighted by atomic mass is 9.73. The molecule has 138 valence electrons. The molecule has 2 atom stereocenters. The largest absolute Gasteiger partial charge is 0.496 e. The standard InChI is InChI=1S/C23H23NO3/c1-14-7-9-15(10-8-14)16-11-19-23(20(25)12-16)18(13-22(26)24-19)17-5-3-4-6-21(17)27-2/h3-10,16,18H,11-13H2,1-2H3,(H,24,26). The van der Waals surface area contributed by atoms with Crippen molar-refractivity contribution in [3.05, 3.63) is 76.5 Å². The molecule has 1 aliphatic heterocycles. The van der Waals surface area contributed by atoms with Gasteiger partial charge in [0.2, 0.25) is 5.91 Å². The second-order valence-corrected chi connectivity index (χ2v) is 7.38. The average Bonchev–Trinajstić information content (AvgIpc) is 2.67. The maximum Gasteiger partial charge on any atom is 0.225 e. The lowest BCUT2D eigenvalue weighted by molar-refractivity contribution is -0.122. The van der Waals surface area contributed by atoms with Crippen LogP contribution in [-0.2, 0) is 9.59 Å². The minimum atomic E-state index is -0.239. The third-order valence-corrected chi connectivity index (χ3v) is 5.60. The quantitative estimate of drug-likeness (QED) is 0.899. The Kier molecular flexibility index (Phi) is 4.56. The molecule has 0 aromatic heterocycles. The van der Waals surface area contributed by atoms with Crippen molar-refractivity contribution in [3.63, 3.8) is 0 Å². The number of amides is 1. The van der Waals surface area contributed by atoms with E-state index in [9.17, 15) is 9.59 Å². The monoisotopic (exact) mass is 361 g/mol. The van der Waals surface area contributed by atoms with Gasteiger partial charge in [-0.2, -0.15) is 0 Å². The number of ketones is 1. The van der Waals surface area contributed by atoms with E-state index in [1.807, 2.05) is 24.3 Å². The van der Waals surface area contributed by atoms with Crippen molar-refractivity contribution in [3.8, 4) is 5.75 Å². The van der Waals surface area contributed by atoms with Crippen molar-refractivity contribution in [2.75, 3.05) is 7.11 Å². The number of aryl methyl sites for hydroxylation is 1. The zero-order valence-electron chi connectivity index (χ0n) is 15.6. The molecule has 0 saturated heterocycles. The van der Waals surface area contributed by atoms with E-state index in [4.69, 9.17) is 4.74 Å². The van der Waals surface area contributed by atoms with Gasteiger partial charge in [-0.25, -0.2) is 0 Å². The first-order valence-electron chi connectivity index (χ1n) is 9.32. The maximum atomic E-state index is 13.1. The molecule has 2 aromatic rings. The van der Waals surface area contributed by atoms with Gasteiger partial charge in [-0.3, -0.25) is 9.59 Å². The van der Waals surface area contributed by atoms with E-state index in [2.05, 4.69) is 36.5 Å². The Labute approximate surface area is 159 Å². The molecule has 1 amide bonds. The molecule has 0 fully saturated rings. The van der Waals surface area contributed by atoms with Gasteiger partial charge in [0.1, 0.15) is 5.75 Å². The summed E-state index contributed by atoms with van der Waals surface area (Å²) >= 11 is 0. The summed E-state index contributed by atoms with van der Waals surface area (Å²) in [4.78, 5) is 25.5. The van der Waals surface area contributed by atoms with Crippen LogP contribution in [0, 0.1) is 6.92 Å². The van der Waals surface area contributed by atoms with E-state index in [1.165, 1.54) is 5.56 Å². The van der Waals surface area contributed by atoms with E-state index in [1.54, 1.807) is 7.11 Å². The fraction of sp³-hybridized carbons (Fsp3) is 0.304. The first kappa shape index (κ1) is 17.5. The second-order valence-electron chi connectivity index (χ2n) is 7.38. The third kappa shape index (κ3) is 3.27. The number of benzene rings is 2. The first-order chi connectivity index (χ1) is 13.1. The molecule has 4 heteroatoms. The van der Waals surface area contributed by atoms with Crippen LogP contribution >= 0.6 is 0 Å². The number of carbonyl (C=O) groups excluding carboxylic acids is 2. The third-order valence-electron chi connectivity index (χ3n) is 5.60. The molecule has 1 N–H and O–H groups in total. The average molecular weight is 361 g/mol. The van der Waals surface area contributed by atoms with E-state index in [-0.39, 0.29) is 29.9 Å². The summed E-state index contributed by atoms with van der Waals surface area (Å²) in [5, 5.41) is 2.98. The van der Waals surface area contributed by atoms with Crippen molar-refractivity contribution >= 4 is 11.7 Å². The minimum Gasteiger partial charge on any atom is -0.496 e. The summed E-state index contributed by atoms with van der Waals surface area (Å²) in [6.07, 6.45) is 1.44. The van der Waals surface area contributed by atoms with Crippen LogP contribution in [0.1, 0.15) is 47.8 Å². The summed E-state index contributed by atoms with van der Waals surface area (Å²) in [7, 11) is 1.62. The van der Waals surface area contributed by atoms with Crippen LogP contribution in [0.4, 0.5) is 0 Å². The fourth-order valence-corrected chi connectivity index (χ4v) is 4.25. The Morgan fingerprint density at radius 3 is 2.44 bits per heavy atom. The number of allylic oxidation sites excluding steroid dienone is 2. The molecule has 4 rings (SSSR count). The normalized spacial score (nSPS) is 22.3. The van der Waals surface area contributed by atoms with Gasteiger partial charge in [-0.1, -0.05) is 48.0 Å². The van der Waals surface area contributed by atoms with Crippen LogP contribution in [0.25, 0.3) is 0 Å². The summed E-state index contributed by atoms with van der Waals surface area (Å²) < 4.78 is 5.48. The number of carbonyl (C=O) groups is 2. The summed E-state index contributed by atoms with van der Waals surface area (Å²) in [6, 6.07) is 16.0. The van der Waals surface area contributed by atoms with Gasteiger partial charge < -0.3 is 10.1 Å². The van der Waals surface area contributed by atoms with Gasteiger partial charge in [-0.15, -0.1) is 0 Å². The lowest BCUT2D eigenvalue weighted by Gasteiger charge is -2.35. The number of Topliss-reactive ketones (excluding diaryl/α,β-unsaturated/α-hetero) is 1. The second kappa shape index (κ2) is 7.03. The number of hydrogen-bond acceptors (Lipinski definition) is 3. The predicted molar refractivity (Wildman–Crippen MR) is 104 cm³/mol. The Hall–Kier alpha value is -2.88. The first-order valence-corrected chi connectivity index (χ1v) is 9.32. The van der Waals surface area contributed by atoms with Gasteiger partial charge in [0.15, 0.2) is 5.78 Å². The topological polar surface area (TPSA) is 55.4 Å². The van der Waals surface area contributed by atoms with Gasteiger partial charge >= 0.3 is 0 Å². The smallest absolute Gasteiger partial charge is 0.225 e. The van der Waals surface area contributed by atoms with E-state index in [0.29, 0.717) is 12.8 Å². The molecule has 4 nitrogen and oxygen atoms in total. The molecule has 0 spiro atoms. The van der Waals surface area contributed by atoms with Gasteiger partial charge in [0.25, 0.3) is 0 Å². The molecule has 2 aliphatic rings. The molecule has 0 saturated carbocycles. The van der Waals surface area contributed by atoms with E-state index in [0.717, 1.165) is 28.1 Å². The highest BCUT2D eigenvalue weighted by molar-refractivity contribution is 6.02. The van der Waals surface area contributed by atoms with Crippen molar-refractivity contribution in [2.45, 2.75) is 38.0 Å². The molecular weight excluding hydrogens is 338 g/mol. The molecule has 0 bridgehead atoms. The summed E-state index contributed by atoms with van der Waals surface area (Å²) in [6.45, 7) is 2.05. The minimum absolute atomic E-state index is 0.0398. The Bertz CT molecular complexity index is 927. The summed E-state index contributed by atoms with van der Waals surface area (Å²) in [5.41, 5.74) is 4.79. The van der Waals surface area contributed by atoms with Crippen LogP contribution in [0.2, 0.25) is 0 Å². The van der Waals surface area contributed by atoms with Gasteiger partial charge in [0.05, 0.1) is 7.11 Å². The van der Waals surface area contributed by atoms with Crippen LogP contribution in [0.5, 0.6) is 5.75 Å². The van der Waals surface area contributed by atoms with Gasteiger partial charge in [0, 0.05) is 35.6 Å². The fourth-order valence-electron chi connectivity index (χ4n) is 4.25. The zero-order valence-corrected chi connectivity index (χ0v) is 15.6. The lowest BCUT2D eigenvalue weighted by Crippen LogP contribution is -2.38. The number of methoxy groups -OCH3 is 1. The van der Waals surface area contributed by atoms with Crippen molar-refractivity contribution in [2.24, 2.45) is 0 Å². The SMILES string of the molecule is COc1ccccc1C1CC(=O)NC2=C1C(=O)CC(c1ccc(C)cc1)C2. The van der Waals surface area contributed by atoms with Crippen molar-refractivity contribution in [1.82, 2.24) is 5.32 Å². The predicted octanol–water partition coefficient (Wildman–Crippen LogP) is 4.01. The van der Waals surface area contributed by atoms with Crippen LogP contribution in [0.3, 0.4) is 0 Å². The Balaban J connectivity index is 1.73. The summed E-state index contributed by atoms with van der Waals surface area (Å²) in [5.74, 6) is 0.669. The van der Waals surface area contributed by atoms with Crippen LogP contribution < -0.4 is 10.1 Å².